The number of carboxylic acids is 1. The van der Waals surface area contributed by atoms with Gasteiger partial charge in [0.25, 0.3) is 0 Å². The van der Waals surface area contributed by atoms with E-state index in [9.17, 15) is 68.4 Å². The number of carbonyl (C=O) groups excluding carboxylic acids is 9. The molecular formula is C50H81N15O14S. The Labute approximate surface area is 467 Å². The number of phenolic OH excluding ortho intramolecular Hbond substituents is 1. The van der Waals surface area contributed by atoms with E-state index in [4.69, 9.17) is 22.6 Å². The topological polar surface area (TPSA) is 490 Å². The zero-order chi connectivity index (χ0) is 60.1. The van der Waals surface area contributed by atoms with E-state index in [1.54, 1.807) is 20.1 Å². The van der Waals surface area contributed by atoms with Crippen LogP contribution in [0.1, 0.15) is 90.3 Å². The van der Waals surface area contributed by atoms with Crippen LogP contribution in [0.15, 0.2) is 36.8 Å². The number of aromatic nitrogens is 2. The second kappa shape index (κ2) is 35.8. The second-order valence-corrected chi connectivity index (χ2v) is 20.5. The molecule has 0 saturated carbocycles. The number of nitrogens with two attached hydrogens (primary N) is 3. The SMILES string of the molecule is CSCC[C@H](NC(=O)[C@@H](C)CO)C(=O)N[C@H](C(=O)N[C@@H](CC(=O)O)C(=O)N[C@@H](CCCCN)C(=O)N[C@@H](Cc1ccc(O)cc1)C(=O)N[C@@H](CCCNC(=N)N)C(=O)N[C@@H](CC(C)C)C(=O)N[C@@H](Cc1c[nH]cn1)C(N)=O)[C@@H](C)O. The van der Waals surface area contributed by atoms with Crippen molar-refractivity contribution in [3.05, 3.63) is 48.0 Å². The summed E-state index contributed by atoms with van der Waals surface area (Å²) in [6.07, 6.45) is 2.11. The summed E-state index contributed by atoms with van der Waals surface area (Å²) in [5.74, 6) is -11.2. The third kappa shape index (κ3) is 25.5. The maximum Gasteiger partial charge on any atom is 0.305 e. The van der Waals surface area contributed by atoms with E-state index in [0.717, 1.165) is 6.92 Å². The molecule has 0 fully saturated rings. The first-order chi connectivity index (χ1) is 37.8. The third-order valence-electron chi connectivity index (χ3n) is 12.2. The summed E-state index contributed by atoms with van der Waals surface area (Å²) in [5, 5.41) is 70.2. The summed E-state index contributed by atoms with van der Waals surface area (Å²) in [5.41, 5.74) is 17.6. The predicted octanol–water partition coefficient (Wildman–Crippen LogP) is -4.06. The summed E-state index contributed by atoms with van der Waals surface area (Å²) in [4.78, 5) is 142. The molecule has 0 aliphatic heterocycles. The van der Waals surface area contributed by atoms with Crippen molar-refractivity contribution in [2.45, 2.75) is 146 Å². The molecule has 0 bridgehead atoms. The highest BCUT2D eigenvalue weighted by molar-refractivity contribution is 7.98. The lowest BCUT2D eigenvalue weighted by molar-refractivity contribution is -0.142. The largest absolute Gasteiger partial charge is 0.508 e. The minimum atomic E-state index is -1.94. The number of thioether (sulfide) groups is 1. The number of aliphatic hydroxyl groups is 2. The molecule has 29 nitrogen and oxygen atoms in total. The standard InChI is InChI=1S/C50H81N15O14S/c1-26(2)19-36(46(76)61-35(41(52)71)21-30-23-55-25-57-30)62-44(74)33(10-8-17-56-50(53)54)60-47(77)37(20-29-11-13-31(68)14-12-29)63-43(73)32(9-6-7-16-51)59-48(78)38(22-39(69)70)64-49(79)40(28(4)67)65-45(75)34(15-18-80-5)58-42(72)27(3)24-66/h11-14,23,25-28,32-38,40,66-68H,6-10,15-22,24,51H2,1-5H3,(H2,52,71)(H,55,57)(H,58,72)(H,59,78)(H,60,77)(H,61,76)(H,62,74)(H,63,73)(H,64,79)(H,65,75)(H,69,70)(H4,53,54,56)/t27-,28+,32-,33-,34-,35-,36-,37-,38-,40-/m0/s1. The molecule has 1 heterocycles. The summed E-state index contributed by atoms with van der Waals surface area (Å²) >= 11 is 1.35. The van der Waals surface area contributed by atoms with E-state index in [2.05, 4.69) is 57.8 Å². The van der Waals surface area contributed by atoms with Gasteiger partial charge in [-0.15, -0.1) is 0 Å². The Morgan fingerprint density at radius 3 is 1.70 bits per heavy atom. The zero-order valence-corrected chi connectivity index (χ0v) is 46.5. The number of imidazole rings is 1. The second-order valence-electron chi connectivity index (χ2n) is 19.6. The number of hydrogen-bond acceptors (Lipinski definition) is 17. The van der Waals surface area contributed by atoms with Gasteiger partial charge >= 0.3 is 5.97 Å². The van der Waals surface area contributed by atoms with Crippen molar-refractivity contribution in [3.8, 4) is 5.75 Å². The van der Waals surface area contributed by atoms with Crippen molar-refractivity contribution < 1.29 is 68.4 Å². The Kier molecular flexibility index (Phi) is 30.7. The van der Waals surface area contributed by atoms with E-state index in [0.29, 0.717) is 23.4 Å². The average Bonchev–Trinajstić information content (AvgIpc) is 3.92. The van der Waals surface area contributed by atoms with Crippen LogP contribution in [0.4, 0.5) is 0 Å². The van der Waals surface area contributed by atoms with Crippen LogP contribution in [-0.4, -0.2) is 182 Å². The normalized spacial score (nSPS) is 14.9. The molecule has 30 heteroatoms. The smallest absolute Gasteiger partial charge is 0.305 e. The van der Waals surface area contributed by atoms with Gasteiger partial charge in [0.05, 0.1) is 37.1 Å². The van der Waals surface area contributed by atoms with Gasteiger partial charge in [-0.05, 0) is 94.0 Å². The van der Waals surface area contributed by atoms with Crippen LogP contribution in [-0.2, 0) is 60.8 Å². The summed E-state index contributed by atoms with van der Waals surface area (Å²) in [6.45, 7) is 5.83. The number of aromatic hydroxyl groups is 1. The van der Waals surface area contributed by atoms with E-state index in [1.807, 2.05) is 0 Å². The summed E-state index contributed by atoms with van der Waals surface area (Å²) < 4.78 is 0. The molecule has 1 aromatic heterocycles. The van der Waals surface area contributed by atoms with Crippen molar-refractivity contribution >= 4 is 76.9 Å². The van der Waals surface area contributed by atoms with Gasteiger partial charge in [-0.3, -0.25) is 53.4 Å². The lowest BCUT2D eigenvalue weighted by Gasteiger charge is -2.28. The molecule has 0 spiro atoms. The Morgan fingerprint density at radius 1 is 0.662 bits per heavy atom. The molecule has 446 valence electrons. The summed E-state index contributed by atoms with van der Waals surface area (Å²) in [7, 11) is 0. The van der Waals surface area contributed by atoms with Crippen molar-refractivity contribution in [2.75, 3.05) is 31.7 Å². The highest BCUT2D eigenvalue weighted by Gasteiger charge is 2.37. The summed E-state index contributed by atoms with van der Waals surface area (Å²) in [6, 6.07) is -6.43. The predicted molar refractivity (Wildman–Crippen MR) is 293 cm³/mol. The van der Waals surface area contributed by atoms with E-state index < -0.39 is 133 Å². The number of carbonyl (C=O) groups is 10. The van der Waals surface area contributed by atoms with Crippen LogP contribution in [0.25, 0.3) is 0 Å². The maximum absolute atomic E-state index is 14.6. The van der Waals surface area contributed by atoms with Crippen molar-refractivity contribution in [1.82, 2.24) is 57.8 Å². The lowest BCUT2D eigenvalue weighted by atomic mass is 10.0. The molecule has 0 aliphatic carbocycles. The fourth-order valence-corrected chi connectivity index (χ4v) is 8.21. The third-order valence-corrected chi connectivity index (χ3v) is 12.9. The van der Waals surface area contributed by atoms with Gasteiger partial charge in [0.1, 0.15) is 54.1 Å². The fraction of sp³-hybridized carbons (Fsp3) is 0.600. The highest BCUT2D eigenvalue weighted by Crippen LogP contribution is 2.15. The van der Waals surface area contributed by atoms with Crippen molar-refractivity contribution in [2.24, 2.45) is 29.0 Å². The number of primary amides is 1. The number of amides is 9. The first kappa shape index (κ1) is 68.5. The maximum atomic E-state index is 14.6. The number of aromatic amines is 1. The molecular weight excluding hydrogens is 1070 g/mol. The van der Waals surface area contributed by atoms with E-state index in [-0.39, 0.29) is 82.1 Å². The number of hydrogen-bond donors (Lipinski definition) is 18. The molecule has 2 rings (SSSR count). The zero-order valence-electron chi connectivity index (χ0n) is 45.7. The number of aliphatic hydroxyl groups excluding tert-OH is 2. The number of benzene rings is 1. The number of nitrogens with zero attached hydrogens (tertiary/aromatic N) is 1. The van der Waals surface area contributed by atoms with Crippen LogP contribution >= 0.6 is 11.8 Å². The number of nitrogens with one attached hydrogen (secondary N) is 11. The van der Waals surface area contributed by atoms with Crippen LogP contribution in [0.5, 0.6) is 5.75 Å². The Bertz CT molecular complexity index is 2360. The fourth-order valence-electron chi connectivity index (χ4n) is 7.74. The molecule has 0 saturated heterocycles. The molecule has 10 atom stereocenters. The molecule has 1 aromatic carbocycles. The number of phenols is 1. The van der Waals surface area contributed by atoms with Gasteiger partial charge < -0.3 is 90.5 Å². The van der Waals surface area contributed by atoms with Gasteiger partial charge in [0, 0.05) is 25.6 Å². The molecule has 80 heavy (non-hydrogen) atoms. The number of carboxylic acid groups (broad SMARTS) is 1. The minimum Gasteiger partial charge on any atom is -0.508 e. The van der Waals surface area contributed by atoms with Gasteiger partial charge in [-0.2, -0.15) is 11.8 Å². The minimum absolute atomic E-state index is 0.0650. The Morgan fingerprint density at radius 2 is 1.18 bits per heavy atom. The number of rotatable bonds is 38. The molecule has 2 aromatic rings. The molecule has 0 aliphatic rings. The number of guanidine groups is 1. The van der Waals surface area contributed by atoms with Crippen molar-refractivity contribution in [3.63, 3.8) is 0 Å². The monoisotopic (exact) mass is 1150 g/mol. The van der Waals surface area contributed by atoms with Crippen LogP contribution < -0.4 is 65.1 Å². The van der Waals surface area contributed by atoms with Crippen molar-refractivity contribution in [1.29, 1.82) is 5.41 Å². The molecule has 9 amide bonds. The number of H-pyrrole nitrogens is 1. The molecule has 0 unspecified atom stereocenters. The van der Waals surface area contributed by atoms with E-state index >= 15 is 0 Å². The van der Waals surface area contributed by atoms with Crippen LogP contribution in [0.3, 0.4) is 0 Å². The highest BCUT2D eigenvalue weighted by atomic mass is 32.2. The van der Waals surface area contributed by atoms with Crippen LogP contribution in [0.2, 0.25) is 0 Å². The van der Waals surface area contributed by atoms with Gasteiger partial charge in [-0.25, -0.2) is 4.98 Å². The number of unbranched alkanes of at least 4 members (excludes halogenated alkanes) is 1. The number of aliphatic carboxylic acids is 1. The lowest BCUT2D eigenvalue weighted by Crippen LogP contribution is -2.62. The first-order valence-electron chi connectivity index (χ1n) is 26.1. The quantitative estimate of drug-likeness (QED) is 0.0173. The van der Waals surface area contributed by atoms with Gasteiger partial charge in [0.2, 0.25) is 53.2 Å². The van der Waals surface area contributed by atoms with Gasteiger partial charge in [0.15, 0.2) is 5.96 Å². The molecule has 21 N–H and O–H groups in total. The van der Waals surface area contributed by atoms with Crippen LogP contribution in [0, 0.1) is 17.2 Å². The first-order valence-corrected chi connectivity index (χ1v) is 27.4. The average molecular weight is 1150 g/mol. The Balaban J connectivity index is 2.54. The molecule has 0 radical (unpaired) electrons. The Hall–Kier alpha value is -7.57. The van der Waals surface area contributed by atoms with Gasteiger partial charge in [-0.1, -0.05) is 32.9 Å². The van der Waals surface area contributed by atoms with E-state index in [1.165, 1.54) is 55.5 Å².